The van der Waals surface area contributed by atoms with E-state index in [4.69, 9.17) is 4.42 Å². The fourth-order valence-electron chi connectivity index (χ4n) is 2.52. The number of hydrogen-bond donors (Lipinski definition) is 0. The quantitative estimate of drug-likeness (QED) is 0.707. The van der Waals surface area contributed by atoms with E-state index < -0.39 is 9.84 Å². The van der Waals surface area contributed by atoms with E-state index in [9.17, 15) is 8.42 Å². The molecule has 4 nitrogen and oxygen atoms in total. The first-order chi connectivity index (χ1) is 11.4. The molecular weight excluding hydrogens is 322 g/mol. The average Bonchev–Trinajstić information content (AvgIpc) is 2.98. The number of furan rings is 1. The molecular formula is C19H19NO3S. The van der Waals surface area contributed by atoms with Gasteiger partial charge in [-0.15, -0.1) is 0 Å². The van der Waals surface area contributed by atoms with Crippen molar-refractivity contribution in [1.82, 2.24) is 4.98 Å². The van der Waals surface area contributed by atoms with Crippen LogP contribution < -0.4 is 0 Å². The van der Waals surface area contributed by atoms with Crippen LogP contribution in [0.2, 0.25) is 0 Å². The zero-order chi connectivity index (χ0) is 17.2. The lowest BCUT2D eigenvalue weighted by Crippen LogP contribution is -1.97. The normalized spacial score (nSPS) is 11.6. The van der Waals surface area contributed by atoms with Crippen molar-refractivity contribution in [3.05, 3.63) is 71.8 Å². The summed E-state index contributed by atoms with van der Waals surface area (Å²) in [5.41, 5.74) is 2.72. The zero-order valence-electron chi connectivity index (χ0n) is 13.7. The van der Waals surface area contributed by atoms with Crippen LogP contribution in [0.1, 0.15) is 17.2 Å². The minimum absolute atomic E-state index is 0.315. The summed E-state index contributed by atoms with van der Waals surface area (Å²) in [6.45, 7) is 1.93. The lowest BCUT2D eigenvalue weighted by Gasteiger charge is -2.05. The molecule has 0 unspecified atom stereocenters. The maximum absolute atomic E-state index is 11.5. The molecule has 0 N–H and O–H groups in total. The highest BCUT2D eigenvalue weighted by molar-refractivity contribution is 7.90. The minimum atomic E-state index is -3.18. The Kier molecular flexibility index (Phi) is 4.53. The Hall–Kier alpha value is -2.40. The molecule has 0 radical (unpaired) electrons. The van der Waals surface area contributed by atoms with E-state index in [0.717, 1.165) is 41.3 Å². The van der Waals surface area contributed by atoms with Crippen molar-refractivity contribution in [2.45, 2.75) is 24.7 Å². The fourth-order valence-corrected chi connectivity index (χ4v) is 3.15. The Balaban J connectivity index is 1.77. The highest BCUT2D eigenvalue weighted by Crippen LogP contribution is 2.20. The SMILES string of the molecule is Cc1ccc(CCc2cccc(-c3ccc(S(C)(=O)=O)cc3)n2)o1. The maximum atomic E-state index is 11.5. The summed E-state index contributed by atoms with van der Waals surface area (Å²) in [5.74, 6) is 1.87. The number of pyridine rings is 1. The number of hydrogen-bond acceptors (Lipinski definition) is 4. The van der Waals surface area contributed by atoms with Gasteiger partial charge in [0.2, 0.25) is 0 Å². The first kappa shape index (κ1) is 16.5. The lowest BCUT2D eigenvalue weighted by atomic mass is 10.1. The van der Waals surface area contributed by atoms with E-state index in [1.807, 2.05) is 37.3 Å². The van der Waals surface area contributed by atoms with Gasteiger partial charge < -0.3 is 4.42 Å². The third kappa shape index (κ3) is 3.92. The van der Waals surface area contributed by atoms with Crippen LogP contribution >= 0.6 is 0 Å². The summed E-state index contributed by atoms with van der Waals surface area (Å²) in [6.07, 6.45) is 2.80. The van der Waals surface area contributed by atoms with Crippen molar-refractivity contribution in [3.8, 4) is 11.3 Å². The van der Waals surface area contributed by atoms with E-state index in [1.54, 1.807) is 24.3 Å². The van der Waals surface area contributed by atoms with Crippen molar-refractivity contribution in [3.63, 3.8) is 0 Å². The maximum Gasteiger partial charge on any atom is 0.175 e. The van der Waals surface area contributed by atoms with Gasteiger partial charge in [-0.05, 0) is 49.7 Å². The predicted molar refractivity (Wildman–Crippen MR) is 93.6 cm³/mol. The molecule has 5 heteroatoms. The Bertz CT molecular complexity index is 941. The van der Waals surface area contributed by atoms with Crippen LogP contribution in [0.5, 0.6) is 0 Å². The van der Waals surface area contributed by atoms with Gasteiger partial charge in [0.1, 0.15) is 11.5 Å². The monoisotopic (exact) mass is 341 g/mol. The van der Waals surface area contributed by atoms with E-state index in [-0.39, 0.29) is 0 Å². The number of rotatable bonds is 5. The Labute approximate surface area is 142 Å². The Morgan fingerprint density at radius 3 is 2.33 bits per heavy atom. The summed E-state index contributed by atoms with van der Waals surface area (Å²) in [6, 6.07) is 16.6. The molecule has 24 heavy (non-hydrogen) atoms. The molecule has 0 amide bonds. The van der Waals surface area contributed by atoms with Crippen LogP contribution in [-0.2, 0) is 22.7 Å². The van der Waals surface area contributed by atoms with Crippen LogP contribution in [0.3, 0.4) is 0 Å². The van der Waals surface area contributed by atoms with E-state index >= 15 is 0 Å². The first-order valence-corrected chi connectivity index (χ1v) is 9.63. The lowest BCUT2D eigenvalue weighted by molar-refractivity contribution is 0.482. The van der Waals surface area contributed by atoms with Crippen LogP contribution in [0.15, 0.2) is 63.9 Å². The molecule has 0 aliphatic rings. The zero-order valence-corrected chi connectivity index (χ0v) is 14.5. The molecule has 1 aromatic carbocycles. The second-order valence-corrected chi connectivity index (χ2v) is 7.84. The molecule has 0 saturated carbocycles. The molecule has 0 spiro atoms. The molecule has 0 aliphatic carbocycles. The number of benzene rings is 1. The average molecular weight is 341 g/mol. The van der Waals surface area contributed by atoms with Crippen molar-refractivity contribution in [1.29, 1.82) is 0 Å². The summed E-state index contributed by atoms with van der Waals surface area (Å²) in [7, 11) is -3.18. The molecule has 3 rings (SSSR count). The number of nitrogens with zero attached hydrogens (tertiary/aromatic N) is 1. The Morgan fingerprint density at radius 1 is 0.958 bits per heavy atom. The summed E-state index contributed by atoms with van der Waals surface area (Å²) in [5, 5.41) is 0. The highest BCUT2D eigenvalue weighted by Gasteiger charge is 2.08. The van der Waals surface area contributed by atoms with Gasteiger partial charge in [-0.3, -0.25) is 4.98 Å². The molecule has 124 valence electrons. The fraction of sp³-hybridized carbons (Fsp3) is 0.211. The van der Waals surface area contributed by atoms with Crippen LogP contribution in [0.4, 0.5) is 0 Å². The van der Waals surface area contributed by atoms with Crippen LogP contribution in [0.25, 0.3) is 11.3 Å². The van der Waals surface area contributed by atoms with Gasteiger partial charge in [-0.25, -0.2) is 8.42 Å². The molecule has 3 aromatic rings. The molecule has 0 aliphatic heterocycles. The molecule has 0 fully saturated rings. The van der Waals surface area contributed by atoms with Crippen molar-refractivity contribution >= 4 is 9.84 Å². The van der Waals surface area contributed by atoms with Crippen molar-refractivity contribution in [2.24, 2.45) is 0 Å². The highest BCUT2D eigenvalue weighted by atomic mass is 32.2. The first-order valence-electron chi connectivity index (χ1n) is 7.73. The van der Waals surface area contributed by atoms with E-state index in [2.05, 4.69) is 4.98 Å². The van der Waals surface area contributed by atoms with E-state index in [0.29, 0.717) is 4.90 Å². The number of sulfone groups is 1. The molecule has 0 bridgehead atoms. The standard InChI is InChI=1S/C19H19NO3S/c1-14-6-10-17(23-14)11-9-16-4-3-5-19(20-16)15-7-12-18(13-8-15)24(2,21)22/h3-8,10,12-13H,9,11H2,1-2H3. The van der Waals surface area contributed by atoms with Crippen molar-refractivity contribution in [2.75, 3.05) is 6.26 Å². The third-order valence-corrected chi connectivity index (χ3v) is 4.94. The largest absolute Gasteiger partial charge is 0.466 e. The summed E-state index contributed by atoms with van der Waals surface area (Å²) >= 11 is 0. The number of aromatic nitrogens is 1. The Morgan fingerprint density at radius 2 is 1.71 bits per heavy atom. The molecule has 0 atom stereocenters. The van der Waals surface area contributed by atoms with Gasteiger partial charge in [0.15, 0.2) is 9.84 Å². The van der Waals surface area contributed by atoms with Crippen LogP contribution in [0, 0.1) is 6.92 Å². The third-order valence-electron chi connectivity index (χ3n) is 3.81. The summed E-state index contributed by atoms with van der Waals surface area (Å²) < 4.78 is 28.6. The smallest absolute Gasteiger partial charge is 0.175 e. The van der Waals surface area contributed by atoms with Crippen LogP contribution in [-0.4, -0.2) is 19.7 Å². The summed E-state index contributed by atoms with van der Waals surface area (Å²) in [4.78, 5) is 4.98. The van der Waals surface area contributed by atoms with Gasteiger partial charge in [-0.2, -0.15) is 0 Å². The second-order valence-electron chi connectivity index (χ2n) is 5.82. The van der Waals surface area contributed by atoms with Gasteiger partial charge in [0.05, 0.1) is 10.6 Å². The van der Waals surface area contributed by atoms with E-state index in [1.165, 1.54) is 6.26 Å². The van der Waals surface area contributed by atoms with Gasteiger partial charge in [-0.1, -0.05) is 18.2 Å². The van der Waals surface area contributed by atoms with Crippen molar-refractivity contribution < 1.29 is 12.8 Å². The topological polar surface area (TPSA) is 60.2 Å². The molecule has 0 saturated heterocycles. The van der Waals surface area contributed by atoms with Gasteiger partial charge >= 0.3 is 0 Å². The molecule has 2 aromatic heterocycles. The predicted octanol–water partition coefficient (Wildman–Crippen LogP) is 3.84. The number of aryl methyl sites for hydroxylation is 3. The minimum Gasteiger partial charge on any atom is -0.466 e. The molecule has 2 heterocycles. The second kappa shape index (κ2) is 6.61. The van der Waals surface area contributed by atoms with Gasteiger partial charge in [0, 0.05) is 23.9 Å². The van der Waals surface area contributed by atoms with Gasteiger partial charge in [0.25, 0.3) is 0 Å².